The van der Waals surface area contributed by atoms with Crippen molar-refractivity contribution in [2.75, 3.05) is 5.32 Å². The highest BCUT2D eigenvalue weighted by atomic mass is 19.4. The maximum absolute atomic E-state index is 13.1. The van der Waals surface area contributed by atoms with Gasteiger partial charge in [-0.3, -0.25) is 9.48 Å². The molecule has 0 saturated heterocycles. The Bertz CT molecular complexity index is 814. The summed E-state index contributed by atoms with van der Waals surface area (Å²) in [7, 11) is 1.33. The fourth-order valence-corrected chi connectivity index (χ4v) is 2.60. The van der Waals surface area contributed by atoms with Crippen LogP contribution in [0.2, 0.25) is 0 Å². The van der Waals surface area contributed by atoms with Gasteiger partial charge in [-0.2, -0.15) is 18.3 Å². The summed E-state index contributed by atoms with van der Waals surface area (Å²) in [5, 5.41) is 5.91. The van der Waals surface area contributed by atoms with Gasteiger partial charge in [0.25, 0.3) is 5.91 Å². The summed E-state index contributed by atoms with van der Waals surface area (Å²) in [6.45, 7) is 9.77. The molecule has 0 radical (unpaired) electrons. The molecule has 1 aromatic heterocycles. The normalized spacial score (nSPS) is 12.1. The second-order valence-electron chi connectivity index (χ2n) is 6.74. The van der Waals surface area contributed by atoms with E-state index in [0.717, 1.165) is 16.4 Å². The van der Waals surface area contributed by atoms with E-state index in [0.29, 0.717) is 11.3 Å². The molecule has 4 nitrogen and oxygen atoms in total. The minimum Gasteiger partial charge on any atom is -0.321 e. The molecule has 2 aromatic rings. The van der Waals surface area contributed by atoms with Gasteiger partial charge in [-0.05, 0) is 17.0 Å². The number of nitrogens with zero attached hydrogens (tertiary/aromatic N) is 2. The summed E-state index contributed by atoms with van der Waals surface area (Å²) in [5.74, 6) is -0.866. The van der Waals surface area contributed by atoms with Crippen molar-refractivity contribution in [2.45, 2.75) is 32.4 Å². The van der Waals surface area contributed by atoms with Gasteiger partial charge >= 0.3 is 6.18 Å². The molecule has 1 amide bonds. The fourth-order valence-electron chi connectivity index (χ4n) is 2.60. The van der Waals surface area contributed by atoms with Gasteiger partial charge in [-0.25, -0.2) is 0 Å². The molecule has 134 valence electrons. The van der Waals surface area contributed by atoms with E-state index in [9.17, 15) is 18.0 Å². The highest BCUT2D eigenvalue weighted by Gasteiger charge is 2.39. The average Bonchev–Trinajstić information content (AvgIpc) is 2.88. The van der Waals surface area contributed by atoms with Crippen LogP contribution >= 0.6 is 0 Å². The first-order valence-corrected chi connectivity index (χ1v) is 7.63. The van der Waals surface area contributed by atoms with Crippen molar-refractivity contribution in [3.05, 3.63) is 53.4 Å². The van der Waals surface area contributed by atoms with Crippen molar-refractivity contribution in [3.63, 3.8) is 0 Å². The first-order valence-electron chi connectivity index (χ1n) is 7.63. The summed E-state index contributed by atoms with van der Waals surface area (Å²) < 4.78 is 40.1. The van der Waals surface area contributed by atoms with Crippen LogP contribution in [0.1, 0.15) is 48.0 Å². The monoisotopic (exact) mass is 351 g/mol. The SMILES string of the molecule is C=Cc1c(NC(=O)c2cn(C)nc2C(F)(F)F)cccc1C(C)(C)C. The Morgan fingerprint density at radius 1 is 1.28 bits per heavy atom. The molecule has 1 aromatic carbocycles. The second kappa shape index (κ2) is 6.38. The van der Waals surface area contributed by atoms with E-state index < -0.39 is 23.3 Å². The zero-order chi connectivity index (χ0) is 19.0. The zero-order valence-corrected chi connectivity index (χ0v) is 14.5. The average molecular weight is 351 g/mol. The first-order chi connectivity index (χ1) is 11.4. The lowest BCUT2D eigenvalue weighted by atomic mass is 9.83. The molecule has 0 saturated carbocycles. The highest BCUT2D eigenvalue weighted by molar-refractivity contribution is 6.06. The predicted molar refractivity (Wildman–Crippen MR) is 91.4 cm³/mol. The number of amides is 1. The molecule has 0 bridgehead atoms. The van der Waals surface area contributed by atoms with Gasteiger partial charge in [0, 0.05) is 24.5 Å². The van der Waals surface area contributed by atoms with Crippen LogP contribution in [0.4, 0.5) is 18.9 Å². The van der Waals surface area contributed by atoms with Crippen LogP contribution in [-0.2, 0) is 18.6 Å². The molecule has 1 N–H and O–H groups in total. The number of carbonyl (C=O) groups excluding carboxylic acids is 1. The van der Waals surface area contributed by atoms with E-state index in [1.165, 1.54) is 7.05 Å². The maximum Gasteiger partial charge on any atom is 0.435 e. The molecule has 2 rings (SSSR count). The summed E-state index contributed by atoms with van der Waals surface area (Å²) in [6, 6.07) is 5.28. The molecule has 0 aliphatic carbocycles. The third-order valence-electron chi connectivity index (χ3n) is 3.71. The van der Waals surface area contributed by atoms with Crippen LogP contribution in [-0.4, -0.2) is 15.7 Å². The Hall–Kier alpha value is -2.57. The van der Waals surface area contributed by atoms with Gasteiger partial charge in [-0.15, -0.1) is 0 Å². The number of benzene rings is 1. The molecular weight excluding hydrogens is 331 g/mol. The number of aryl methyl sites for hydroxylation is 1. The number of aromatic nitrogens is 2. The summed E-state index contributed by atoms with van der Waals surface area (Å²) in [4.78, 5) is 12.4. The Morgan fingerprint density at radius 2 is 1.92 bits per heavy atom. The van der Waals surface area contributed by atoms with Gasteiger partial charge in [0.15, 0.2) is 5.69 Å². The minimum absolute atomic E-state index is 0.213. The number of nitrogens with one attached hydrogen (secondary N) is 1. The fraction of sp³-hybridized carbons (Fsp3) is 0.333. The molecule has 1 heterocycles. The smallest absolute Gasteiger partial charge is 0.321 e. The largest absolute Gasteiger partial charge is 0.435 e. The maximum atomic E-state index is 13.1. The molecule has 0 unspecified atom stereocenters. The van der Waals surface area contributed by atoms with Gasteiger partial charge < -0.3 is 5.32 Å². The van der Waals surface area contributed by atoms with Crippen molar-refractivity contribution in [3.8, 4) is 0 Å². The molecule has 7 heteroatoms. The lowest BCUT2D eigenvalue weighted by molar-refractivity contribution is -0.141. The number of anilines is 1. The van der Waals surface area contributed by atoms with Crippen molar-refractivity contribution >= 4 is 17.7 Å². The molecule has 0 aliphatic rings. The number of rotatable bonds is 3. The van der Waals surface area contributed by atoms with Crippen LogP contribution in [0.5, 0.6) is 0 Å². The number of carbonyl (C=O) groups is 1. The second-order valence-corrected chi connectivity index (χ2v) is 6.74. The zero-order valence-electron chi connectivity index (χ0n) is 14.5. The van der Waals surface area contributed by atoms with Gasteiger partial charge in [0.1, 0.15) is 0 Å². The van der Waals surface area contributed by atoms with Crippen molar-refractivity contribution in [2.24, 2.45) is 7.05 Å². The number of alkyl halides is 3. The lowest BCUT2D eigenvalue weighted by Gasteiger charge is -2.23. The Morgan fingerprint density at radius 3 is 2.44 bits per heavy atom. The number of hydrogen-bond donors (Lipinski definition) is 1. The van der Waals surface area contributed by atoms with Crippen LogP contribution in [0, 0.1) is 0 Å². The van der Waals surface area contributed by atoms with Gasteiger partial charge in [-0.1, -0.05) is 45.6 Å². The first kappa shape index (κ1) is 18.8. The van der Waals surface area contributed by atoms with E-state index in [4.69, 9.17) is 0 Å². The molecule has 0 fully saturated rings. The van der Waals surface area contributed by atoms with Crippen LogP contribution in [0.15, 0.2) is 31.0 Å². The third-order valence-corrected chi connectivity index (χ3v) is 3.71. The van der Waals surface area contributed by atoms with E-state index in [1.54, 1.807) is 18.2 Å². The minimum atomic E-state index is -4.71. The standard InChI is InChI=1S/C18H20F3N3O/c1-6-11-13(17(2,3)4)8-7-9-14(11)22-16(25)12-10-24(5)23-15(12)18(19,20)21/h6-10H,1H2,2-5H3,(H,22,25). The molecular formula is C18H20F3N3O. The van der Waals surface area contributed by atoms with Crippen molar-refractivity contribution in [1.82, 2.24) is 9.78 Å². The van der Waals surface area contributed by atoms with Crippen LogP contribution in [0.3, 0.4) is 0 Å². The summed E-state index contributed by atoms with van der Waals surface area (Å²) in [6.07, 6.45) is -2.06. The lowest BCUT2D eigenvalue weighted by Crippen LogP contribution is -2.19. The highest BCUT2D eigenvalue weighted by Crippen LogP contribution is 2.33. The molecule has 0 aliphatic heterocycles. The van der Waals surface area contributed by atoms with E-state index >= 15 is 0 Å². The Labute approximate surface area is 144 Å². The Kier molecular flexibility index (Phi) is 4.79. The van der Waals surface area contributed by atoms with Gasteiger partial charge in [0.2, 0.25) is 0 Å². The topological polar surface area (TPSA) is 46.9 Å². The van der Waals surface area contributed by atoms with Crippen molar-refractivity contribution < 1.29 is 18.0 Å². The van der Waals surface area contributed by atoms with E-state index in [1.807, 2.05) is 26.8 Å². The quantitative estimate of drug-likeness (QED) is 0.876. The molecule has 0 atom stereocenters. The molecule has 0 spiro atoms. The van der Waals surface area contributed by atoms with Crippen LogP contribution in [0.25, 0.3) is 6.08 Å². The van der Waals surface area contributed by atoms with Crippen LogP contribution < -0.4 is 5.32 Å². The Balaban J connectivity index is 2.45. The molecule has 25 heavy (non-hydrogen) atoms. The number of halogens is 3. The van der Waals surface area contributed by atoms with E-state index in [2.05, 4.69) is 17.0 Å². The van der Waals surface area contributed by atoms with Gasteiger partial charge in [0.05, 0.1) is 5.56 Å². The third kappa shape index (κ3) is 3.92. The number of hydrogen-bond acceptors (Lipinski definition) is 2. The van der Waals surface area contributed by atoms with E-state index in [-0.39, 0.29) is 5.41 Å². The summed E-state index contributed by atoms with van der Waals surface area (Å²) >= 11 is 0. The van der Waals surface area contributed by atoms with Crippen molar-refractivity contribution in [1.29, 1.82) is 0 Å². The summed E-state index contributed by atoms with van der Waals surface area (Å²) in [5.41, 5.74) is 0.0777. The predicted octanol–water partition coefficient (Wildman–Crippen LogP) is 4.63.